The minimum Gasteiger partial charge on any atom is -0.465 e. The number of carboxylic acid groups (broad SMARTS) is 1. The number of carbonyl (C=O) groups is 1. The maximum Gasteiger partial charge on any atom is 0.404 e. The summed E-state index contributed by atoms with van der Waals surface area (Å²) >= 11 is 0.958. The fraction of sp³-hybridized carbons (Fsp3) is 0.167. The summed E-state index contributed by atoms with van der Waals surface area (Å²) in [5, 5.41) is 20.6. The molecule has 0 unspecified atom stereocenters. The van der Waals surface area contributed by atoms with Crippen molar-refractivity contribution in [2.75, 3.05) is 0 Å². The average Bonchev–Trinajstić information content (AvgIpc) is 2.48. The van der Waals surface area contributed by atoms with Gasteiger partial charge in [-0.3, -0.25) is 10.1 Å². The highest BCUT2D eigenvalue weighted by Crippen LogP contribution is 2.23. The van der Waals surface area contributed by atoms with Crippen LogP contribution in [0.4, 0.5) is 9.80 Å². The Morgan fingerprint density at radius 3 is 2.85 bits per heavy atom. The van der Waals surface area contributed by atoms with E-state index >= 15 is 0 Å². The van der Waals surface area contributed by atoms with Crippen LogP contribution < -0.4 is 5.32 Å². The van der Waals surface area contributed by atoms with Crippen molar-refractivity contribution < 1.29 is 14.8 Å². The zero-order chi connectivity index (χ0) is 9.84. The molecule has 0 aliphatic carbocycles. The van der Waals surface area contributed by atoms with Crippen LogP contribution in [0.5, 0.6) is 0 Å². The molecule has 0 atom stereocenters. The number of rotatable bonds is 3. The van der Waals surface area contributed by atoms with Gasteiger partial charge in [0.1, 0.15) is 0 Å². The van der Waals surface area contributed by atoms with E-state index in [2.05, 4.69) is 5.32 Å². The fourth-order valence-corrected chi connectivity index (χ4v) is 1.48. The van der Waals surface area contributed by atoms with Crippen molar-refractivity contribution in [3.8, 4) is 0 Å². The number of nitrogens with one attached hydrogen (secondary N) is 1. The number of amides is 1. The van der Waals surface area contributed by atoms with Gasteiger partial charge in [0.25, 0.3) is 0 Å². The standard InChI is InChI=1S/C6H6N2O4S/c9-6(10)7-3-4-1-2-5(13-4)8(11)12/h1-2,7H,3H2,(H,9,10). The molecule has 0 saturated carbocycles. The minimum absolute atomic E-state index is 0.0159. The Balaban J connectivity index is 2.59. The zero-order valence-corrected chi connectivity index (χ0v) is 7.21. The van der Waals surface area contributed by atoms with Gasteiger partial charge in [-0.1, -0.05) is 11.3 Å². The van der Waals surface area contributed by atoms with E-state index in [0.29, 0.717) is 4.88 Å². The molecule has 7 heteroatoms. The first-order valence-corrected chi connectivity index (χ1v) is 4.11. The van der Waals surface area contributed by atoms with Crippen LogP contribution >= 0.6 is 11.3 Å². The second kappa shape index (κ2) is 3.85. The van der Waals surface area contributed by atoms with Crippen LogP contribution in [0.25, 0.3) is 0 Å². The summed E-state index contributed by atoms with van der Waals surface area (Å²) in [5.41, 5.74) is 0. The second-order valence-electron chi connectivity index (χ2n) is 2.16. The van der Waals surface area contributed by atoms with Gasteiger partial charge in [-0.05, 0) is 6.07 Å². The molecule has 0 aromatic carbocycles. The summed E-state index contributed by atoms with van der Waals surface area (Å²) in [6.45, 7) is 0.105. The Morgan fingerprint density at radius 1 is 1.69 bits per heavy atom. The van der Waals surface area contributed by atoms with E-state index in [9.17, 15) is 14.9 Å². The van der Waals surface area contributed by atoms with Crippen LogP contribution in [0.3, 0.4) is 0 Å². The molecule has 1 heterocycles. The first kappa shape index (κ1) is 9.46. The molecule has 0 bridgehead atoms. The van der Waals surface area contributed by atoms with Gasteiger partial charge < -0.3 is 10.4 Å². The summed E-state index contributed by atoms with van der Waals surface area (Å²) in [6.07, 6.45) is -1.14. The summed E-state index contributed by atoms with van der Waals surface area (Å²) in [4.78, 5) is 20.4. The van der Waals surface area contributed by atoms with Crippen molar-refractivity contribution in [2.45, 2.75) is 6.54 Å². The summed E-state index contributed by atoms with van der Waals surface area (Å²) in [7, 11) is 0. The highest BCUT2D eigenvalue weighted by atomic mass is 32.1. The normalized spacial score (nSPS) is 9.54. The lowest BCUT2D eigenvalue weighted by molar-refractivity contribution is -0.380. The van der Waals surface area contributed by atoms with E-state index in [-0.39, 0.29) is 11.5 Å². The molecule has 13 heavy (non-hydrogen) atoms. The number of nitrogens with zero attached hydrogens (tertiary/aromatic N) is 1. The van der Waals surface area contributed by atoms with Crippen molar-refractivity contribution >= 4 is 22.4 Å². The lowest BCUT2D eigenvalue weighted by Crippen LogP contribution is -2.19. The Kier molecular flexibility index (Phi) is 2.80. The van der Waals surface area contributed by atoms with Crippen LogP contribution in [0.2, 0.25) is 0 Å². The van der Waals surface area contributed by atoms with Crippen LogP contribution in [-0.2, 0) is 6.54 Å². The molecule has 0 fully saturated rings. The quantitative estimate of drug-likeness (QED) is 0.572. The first-order valence-electron chi connectivity index (χ1n) is 3.29. The van der Waals surface area contributed by atoms with E-state index in [4.69, 9.17) is 5.11 Å². The van der Waals surface area contributed by atoms with Crippen molar-refractivity contribution in [3.05, 3.63) is 27.1 Å². The summed E-state index contributed by atoms with van der Waals surface area (Å²) in [5.74, 6) is 0. The van der Waals surface area contributed by atoms with E-state index < -0.39 is 11.0 Å². The number of thiophene rings is 1. The molecule has 1 rings (SSSR count). The van der Waals surface area contributed by atoms with Gasteiger partial charge in [-0.15, -0.1) is 0 Å². The first-order chi connectivity index (χ1) is 6.09. The van der Waals surface area contributed by atoms with Gasteiger partial charge in [0.15, 0.2) is 0 Å². The van der Waals surface area contributed by atoms with Gasteiger partial charge in [0.2, 0.25) is 0 Å². The van der Waals surface area contributed by atoms with Crippen molar-refractivity contribution in [2.24, 2.45) is 0 Å². The van der Waals surface area contributed by atoms with E-state index in [1.165, 1.54) is 12.1 Å². The minimum atomic E-state index is -1.14. The molecular weight excluding hydrogens is 196 g/mol. The van der Waals surface area contributed by atoms with Gasteiger partial charge >= 0.3 is 11.1 Å². The molecule has 0 aliphatic heterocycles. The Labute approximate surface area is 77.0 Å². The molecule has 0 aliphatic rings. The summed E-state index contributed by atoms with van der Waals surface area (Å²) < 4.78 is 0. The highest BCUT2D eigenvalue weighted by Gasteiger charge is 2.09. The molecular formula is C6H6N2O4S. The largest absolute Gasteiger partial charge is 0.465 e. The van der Waals surface area contributed by atoms with Crippen molar-refractivity contribution in [1.82, 2.24) is 5.32 Å². The van der Waals surface area contributed by atoms with Crippen molar-refractivity contribution in [3.63, 3.8) is 0 Å². The molecule has 6 nitrogen and oxygen atoms in total. The van der Waals surface area contributed by atoms with E-state index in [1.807, 2.05) is 0 Å². The molecule has 1 aromatic rings. The van der Waals surface area contributed by atoms with E-state index in [1.54, 1.807) is 0 Å². The number of hydrogen-bond donors (Lipinski definition) is 2. The summed E-state index contributed by atoms with van der Waals surface area (Å²) in [6, 6.07) is 2.88. The maximum absolute atomic E-state index is 10.2. The second-order valence-corrected chi connectivity index (χ2v) is 3.30. The average molecular weight is 202 g/mol. The predicted octanol–water partition coefficient (Wildman–Crippen LogP) is 1.42. The lowest BCUT2D eigenvalue weighted by Gasteiger charge is -1.94. The molecule has 70 valence electrons. The third kappa shape index (κ3) is 2.71. The van der Waals surface area contributed by atoms with E-state index in [0.717, 1.165) is 11.3 Å². The Hall–Kier alpha value is -1.63. The monoisotopic (exact) mass is 202 g/mol. The maximum atomic E-state index is 10.2. The number of nitro groups is 1. The van der Waals surface area contributed by atoms with Gasteiger partial charge in [-0.2, -0.15) is 0 Å². The zero-order valence-electron chi connectivity index (χ0n) is 6.39. The van der Waals surface area contributed by atoms with Crippen LogP contribution in [-0.4, -0.2) is 16.1 Å². The van der Waals surface area contributed by atoms with Crippen LogP contribution in [0.1, 0.15) is 4.88 Å². The van der Waals surface area contributed by atoms with Gasteiger partial charge in [-0.25, -0.2) is 4.79 Å². The smallest absolute Gasteiger partial charge is 0.404 e. The molecule has 1 amide bonds. The Bertz CT molecular complexity index is 335. The fourth-order valence-electron chi connectivity index (χ4n) is 0.722. The predicted molar refractivity (Wildman–Crippen MR) is 45.8 cm³/mol. The third-order valence-corrected chi connectivity index (χ3v) is 2.28. The molecule has 1 aromatic heterocycles. The van der Waals surface area contributed by atoms with Gasteiger partial charge in [0, 0.05) is 10.9 Å². The molecule has 2 N–H and O–H groups in total. The molecule has 0 radical (unpaired) electrons. The van der Waals surface area contributed by atoms with Crippen LogP contribution in [0.15, 0.2) is 12.1 Å². The third-order valence-electron chi connectivity index (χ3n) is 1.24. The SMILES string of the molecule is O=C(O)NCc1ccc([N+](=O)[O-])s1. The van der Waals surface area contributed by atoms with Crippen LogP contribution in [0, 0.1) is 10.1 Å². The number of hydrogen-bond acceptors (Lipinski definition) is 4. The molecule has 0 spiro atoms. The molecule has 0 saturated heterocycles. The Morgan fingerprint density at radius 2 is 2.38 bits per heavy atom. The van der Waals surface area contributed by atoms with Gasteiger partial charge in [0.05, 0.1) is 11.5 Å². The van der Waals surface area contributed by atoms with Crippen molar-refractivity contribution in [1.29, 1.82) is 0 Å². The topological polar surface area (TPSA) is 92.5 Å². The highest BCUT2D eigenvalue weighted by molar-refractivity contribution is 7.15. The lowest BCUT2D eigenvalue weighted by atomic mass is 10.4.